The van der Waals surface area contributed by atoms with Gasteiger partial charge in [-0.15, -0.1) is 0 Å². The lowest BCUT2D eigenvalue weighted by Gasteiger charge is -2.39. The molecule has 0 amide bonds. The highest BCUT2D eigenvalue weighted by Crippen LogP contribution is 2.41. The zero-order valence-electron chi connectivity index (χ0n) is 18.6. The number of aromatic amines is 1. The molecule has 0 atom stereocenters. The SMILES string of the molecule is COc1cnc2ccc(-c3[nH]nc4nc(N5CCC6(CCOC6)CC5)c(C)nc34)c(Cl)c2n1. The average molecular weight is 466 g/mol. The van der Waals surface area contributed by atoms with Gasteiger partial charge < -0.3 is 14.4 Å². The van der Waals surface area contributed by atoms with Crippen molar-refractivity contribution in [2.75, 3.05) is 38.3 Å². The monoisotopic (exact) mass is 465 g/mol. The Balaban J connectivity index is 1.36. The second-order valence-electron chi connectivity index (χ2n) is 8.90. The van der Waals surface area contributed by atoms with E-state index < -0.39 is 0 Å². The van der Waals surface area contributed by atoms with E-state index in [1.165, 1.54) is 0 Å². The van der Waals surface area contributed by atoms with Crippen molar-refractivity contribution >= 4 is 39.6 Å². The third-order valence-corrected chi connectivity index (χ3v) is 7.34. The van der Waals surface area contributed by atoms with Crippen molar-refractivity contribution < 1.29 is 9.47 Å². The van der Waals surface area contributed by atoms with Gasteiger partial charge in [0, 0.05) is 25.3 Å². The molecule has 1 spiro atoms. The molecular weight excluding hydrogens is 442 g/mol. The van der Waals surface area contributed by atoms with Crippen molar-refractivity contribution in [3.8, 4) is 17.1 Å². The Bertz CT molecular complexity index is 1360. The number of hydrogen-bond donors (Lipinski definition) is 1. The number of hydrogen-bond acceptors (Lipinski definition) is 8. The smallest absolute Gasteiger partial charge is 0.232 e. The fraction of sp³-hybridized carbons (Fsp3) is 0.435. The molecule has 0 bridgehead atoms. The summed E-state index contributed by atoms with van der Waals surface area (Å²) in [5.74, 6) is 1.30. The van der Waals surface area contributed by atoms with E-state index in [4.69, 9.17) is 31.0 Å². The molecule has 1 aromatic carbocycles. The van der Waals surface area contributed by atoms with Crippen LogP contribution in [0.1, 0.15) is 25.0 Å². The summed E-state index contributed by atoms with van der Waals surface area (Å²) in [6, 6.07) is 3.78. The van der Waals surface area contributed by atoms with E-state index in [0.717, 1.165) is 62.6 Å². The molecule has 2 aliphatic rings. The molecule has 2 aliphatic heterocycles. The van der Waals surface area contributed by atoms with E-state index in [1.807, 2.05) is 19.1 Å². The van der Waals surface area contributed by atoms with Crippen molar-refractivity contribution in [1.82, 2.24) is 30.1 Å². The van der Waals surface area contributed by atoms with Crippen LogP contribution < -0.4 is 9.64 Å². The topological polar surface area (TPSA) is 102 Å². The predicted molar refractivity (Wildman–Crippen MR) is 126 cm³/mol. The molecule has 5 heterocycles. The third kappa shape index (κ3) is 3.38. The highest BCUT2D eigenvalue weighted by Gasteiger charge is 2.38. The van der Waals surface area contributed by atoms with Gasteiger partial charge in [0.05, 0.1) is 41.8 Å². The Morgan fingerprint density at radius 2 is 1.97 bits per heavy atom. The number of nitrogens with one attached hydrogen (secondary N) is 1. The molecule has 0 saturated carbocycles. The lowest BCUT2D eigenvalue weighted by molar-refractivity contribution is 0.133. The average Bonchev–Trinajstić information content (AvgIpc) is 3.46. The summed E-state index contributed by atoms with van der Waals surface area (Å²) in [7, 11) is 1.55. The zero-order chi connectivity index (χ0) is 22.6. The fourth-order valence-corrected chi connectivity index (χ4v) is 5.25. The molecule has 2 saturated heterocycles. The fourth-order valence-electron chi connectivity index (χ4n) is 4.95. The summed E-state index contributed by atoms with van der Waals surface area (Å²) in [4.78, 5) is 20.9. The molecule has 3 aromatic heterocycles. The molecule has 10 heteroatoms. The van der Waals surface area contributed by atoms with Gasteiger partial charge in [-0.2, -0.15) is 5.10 Å². The maximum Gasteiger partial charge on any atom is 0.232 e. The largest absolute Gasteiger partial charge is 0.480 e. The summed E-state index contributed by atoms with van der Waals surface area (Å²) in [6.45, 7) is 5.68. The molecule has 170 valence electrons. The van der Waals surface area contributed by atoms with Gasteiger partial charge in [0.15, 0.2) is 5.82 Å². The van der Waals surface area contributed by atoms with Crippen LogP contribution >= 0.6 is 11.6 Å². The maximum absolute atomic E-state index is 6.74. The number of methoxy groups -OCH3 is 1. The van der Waals surface area contributed by atoms with Crippen LogP contribution in [0, 0.1) is 12.3 Å². The first kappa shape index (κ1) is 20.6. The van der Waals surface area contributed by atoms with Crippen molar-refractivity contribution in [3.63, 3.8) is 0 Å². The number of fused-ring (bicyclic) bond motifs is 2. The van der Waals surface area contributed by atoms with Crippen LogP contribution in [0.2, 0.25) is 5.02 Å². The predicted octanol–water partition coefficient (Wildman–Crippen LogP) is 3.94. The van der Waals surface area contributed by atoms with Gasteiger partial charge >= 0.3 is 0 Å². The minimum absolute atomic E-state index is 0.347. The van der Waals surface area contributed by atoms with Crippen molar-refractivity contribution in [1.29, 1.82) is 0 Å². The highest BCUT2D eigenvalue weighted by atomic mass is 35.5. The van der Waals surface area contributed by atoms with Gasteiger partial charge in [0.2, 0.25) is 11.5 Å². The first-order valence-corrected chi connectivity index (χ1v) is 11.5. The van der Waals surface area contributed by atoms with E-state index in [1.54, 1.807) is 13.3 Å². The van der Waals surface area contributed by atoms with Crippen LogP contribution in [0.15, 0.2) is 18.3 Å². The van der Waals surface area contributed by atoms with Crippen LogP contribution in [-0.2, 0) is 4.74 Å². The first-order chi connectivity index (χ1) is 16.1. The number of benzene rings is 1. The number of rotatable bonds is 3. The number of halogens is 1. The summed E-state index contributed by atoms with van der Waals surface area (Å²) in [5, 5.41) is 8.01. The quantitative estimate of drug-likeness (QED) is 0.485. The zero-order valence-corrected chi connectivity index (χ0v) is 19.3. The summed E-state index contributed by atoms with van der Waals surface area (Å²) in [6.07, 6.45) is 4.98. The lowest BCUT2D eigenvalue weighted by Crippen LogP contribution is -2.41. The molecule has 9 nitrogen and oxygen atoms in total. The molecule has 2 fully saturated rings. The summed E-state index contributed by atoms with van der Waals surface area (Å²) in [5.41, 5.74) is 5.20. The lowest BCUT2D eigenvalue weighted by atomic mass is 9.78. The van der Waals surface area contributed by atoms with E-state index in [2.05, 4.69) is 25.1 Å². The third-order valence-electron chi connectivity index (χ3n) is 6.96. The standard InChI is InChI=1S/C23H24ClN7O2/c1-13-22(31-8-5-23(6-9-31)7-10-33-12-23)28-21-20(26-13)18(29-30-21)14-3-4-15-19(17(14)24)27-16(32-2)11-25-15/h3-4,11H,5-10,12H2,1-2H3,(H,28,29,30). The van der Waals surface area contributed by atoms with E-state index in [9.17, 15) is 0 Å². The second-order valence-corrected chi connectivity index (χ2v) is 9.28. The number of anilines is 1. The van der Waals surface area contributed by atoms with Crippen LogP contribution in [0.5, 0.6) is 5.88 Å². The number of ether oxygens (including phenoxy) is 2. The first-order valence-electron chi connectivity index (χ1n) is 11.1. The Labute approximate surface area is 195 Å². The minimum atomic E-state index is 0.347. The van der Waals surface area contributed by atoms with Gasteiger partial charge in [0.1, 0.15) is 11.0 Å². The second kappa shape index (κ2) is 7.78. The van der Waals surface area contributed by atoms with Crippen molar-refractivity contribution in [2.45, 2.75) is 26.2 Å². The van der Waals surface area contributed by atoms with Crippen LogP contribution in [0.3, 0.4) is 0 Å². The van der Waals surface area contributed by atoms with Gasteiger partial charge in [-0.05, 0) is 43.7 Å². The Morgan fingerprint density at radius 1 is 1.12 bits per heavy atom. The van der Waals surface area contributed by atoms with E-state index in [0.29, 0.717) is 44.2 Å². The summed E-state index contributed by atoms with van der Waals surface area (Å²) < 4.78 is 10.9. The molecule has 1 N–H and O–H groups in total. The van der Waals surface area contributed by atoms with Crippen LogP contribution in [-0.4, -0.2) is 63.5 Å². The number of aryl methyl sites for hydroxylation is 1. The minimum Gasteiger partial charge on any atom is -0.480 e. The van der Waals surface area contributed by atoms with Crippen LogP contribution in [0.25, 0.3) is 33.5 Å². The molecule has 4 aromatic rings. The Morgan fingerprint density at radius 3 is 2.73 bits per heavy atom. The highest BCUT2D eigenvalue weighted by molar-refractivity contribution is 6.38. The maximum atomic E-state index is 6.74. The molecule has 6 rings (SSSR count). The molecule has 0 unspecified atom stereocenters. The van der Waals surface area contributed by atoms with E-state index in [-0.39, 0.29) is 0 Å². The number of piperidine rings is 1. The number of H-pyrrole nitrogens is 1. The van der Waals surface area contributed by atoms with Crippen LogP contribution in [0.4, 0.5) is 5.82 Å². The molecule has 0 radical (unpaired) electrons. The normalized spacial score (nSPS) is 18.0. The van der Waals surface area contributed by atoms with E-state index >= 15 is 0 Å². The van der Waals surface area contributed by atoms with Crippen molar-refractivity contribution in [3.05, 3.63) is 29.0 Å². The number of aromatic nitrogens is 6. The van der Waals surface area contributed by atoms with Crippen molar-refractivity contribution in [2.24, 2.45) is 5.41 Å². The molecule has 33 heavy (non-hydrogen) atoms. The molecular formula is C23H24ClN7O2. The Hall–Kier alpha value is -3.04. The molecule has 0 aliphatic carbocycles. The summed E-state index contributed by atoms with van der Waals surface area (Å²) >= 11 is 6.74. The van der Waals surface area contributed by atoms with Gasteiger partial charge in [-0.1, -0.05) is 11.6 Å². The van der Waals surface area contributed by atoms with Gasteiger partial charge in [-0.25, -0.2) is 19.9 Å². The van der Waals surface area contributed by atoms with Gasteiger partial charge in [0.25, 0.3) is 0 Å². The Kier molecular flexibility index (Phi) is 4.84. The number of nitrogens with zero attached hydrogens (tertiary/aromatic N) is 6. The van der Waals surface area contributed by atoms with Gasteiger partial charge in [-0.3, -0.25) is 5.10 Å².